The predicted molar refractivity (Wildman–Crippen MR) is 230 cm³/mol. The number of hydrogen-bond acceptors (Lipinski definition) is 7. The van der Waals surface area contributed by atoms with Crippen LogP contribution in [0.4, 0.5) is 0 Å². The average molecular weight is 799 g/mol. The standard InChI is InChI=1S/C41H55NO4.C8H15NO3/c1-7-41(23-13-14-24-41)37-18-12-11-15-32(37)21-22-35(43)26-33-20-19-30(2)25-36(33)38(44)42(27-31-28-45-40(5,6)46-29-31)39(3,4)34-16-9-8-10-17-34;1-8(2)11-4-7(5-12-8)3-9-6-10/h8-12,15-20,25,31,35,43H,7,13-14,21-24,26-29H2,1-6H3;6-7H,3-5H2,1-2H3,(H,9,10). The first-order valence-electron chi connectivity index (χ1n) is 21.5. The van der Waals surface area contributed by atoms with Gasteiger partial charge in [-0.1, -0.05) is 92.1 Å². The van der Waals surface area contributed by atoms with Gasteiger partial charge < -0.3 is 34.3 Å². The molecular formula is C49H70N2O7. The Morgan fingerprint density at radius 1 is 0.862 bits per heavy atom. The molecule has 1 unspecified atom stereocenters. The minimum Gasteiger partial charge on any atom is -0.393 e. The lowest BCUT2D eigenvalue weighted by Crippen LogP contribution is -2.51. The summed E-state index contributed by atoms with van der Waals surface area (Å²) in [5, 5.41) is 14.1. The van der Waals surface area contributed by atoms with E-state index in [4.69, 9.17) is 18.9 Å². The van der Waals surface area contributed by atoms with Crippen molar-refractivity contribution in [1.29, 1.82) is 0 Å². The summed E-state index contributed by atoms with van der Waals surface area (Å²) in [6, 6.07) is 25.2. The van der Waals surface area contributed by atoms with Crippen LogP contribution in [0.5, 0.6) is 0 Å². The Hall–Kier alpha value is -3.60. The normalized spacial score (nSPS) is 19.7. The topological polar surface area (TPSA) is 107 Å². The molecule has 58 heavy (non-hydrogen) atoms. The summed E-state index contributed by atoms with van der Waals surface area (Å²) in [6.07, 6.45) is 8.33. The molecule has 2 saturated heterocycles. The van der Waals surface area contributed by atoms with Crippen molar-refractivity contribution in [1.82, 2.24) is 10.2 Å². The van der Waals surface area contributed by atoms with Crippen LogP contribution in [-0.2, 0) is 47.5 Å². The van der Waals surface area contributed by atoms with E-state index >= 15 is 0 Å². The molecule has 0 radical (unpaired) electrons. The summed E-state index contributed by atoms with van der Waals surface area (Å²) in [4.78, 5) is 26.7. The van der Waals surface area contributed by atoms with E-state index in [-0.39, 0.29) is 23.2 Å². The van der Waals surface area contributed by atoms with Gasteiger partial charge in [-0.15, -0.1) is 0 Å². The van der Waals surface area contributed by atoms with E-state index in [1.807, 2.05) is 69.9 Å². The summed E-state index contributed by atoms with van der Waals surface area (Å²) < 4.78 is 22.8. The quantitative estimate of drug-likeness (QED) is 0.148. The molecule has 0 aromatic heterocycles. The van der Waals surface area contributed by atoms with E-state index in [1.54, 1.807) is 0 Å². The lowest BCUT2D eigenvalue weighted by molar-refractivity contribution is -0.263. The van der Waals surface area contributed by atoms with Crippen LogP contribution in [0.15, 0.2) is 72.8 Å². The Bertz CT molecular complexity index is 1750. The number of carbonyl (C=O) groups excluding carboxylic acids is 2. The van der Waals surface area contributed by atoms with Gasteiger partial charge in [0.1, 0.15) is 0 Å². The van der Waals surface area contributed by atoms with Crippen molar-refractivity contribution in [3.8, 4) is 0 Å². The summed E-state index contributed by atoms with van der Waals surface area (Å²) >= 11 is 0. The molecule has 1 saturated carbocycles. The highest BCUT2D eigenvalue weighted by molar-refractivity contribution is 5.96. The zero-order chi connectivity index (χ0) is 42.0. The number of carbonyl (C=O) groups is 2. The van der Waals surface area contributed by atoms with Crippen LogP contribution in [-0.4, -0.2) is 79.5 Å². The Balaban J connectivity index is 0.000000458. The Morgan fingerprint density at radius 3 is 2.05 bits per heavy atom. The molecule has 2 aliphatic heterocycles. The molecule has 3 aromatic rings. The number of hydrogen-bond donors (Lipinski definition) is 2. The van der Waals surface area contributed by atoms with Crippen molar-refractivity contribution >= 4 is 12.3 Å². The molecule has 318 valence electrons. The monoisotopic (exact) mass is 799 g/mol. The zero-order valence-electron chi connectivity index (χ0n) is 36.5. The van der Waals surface area contributed by atoms with Gasteiger partial charge in [-0.05, 0) is 121 Å². The van der Waals surface area contributed by atoms with Crippen LogP contribution in [0.25, 0.3) is 0 Å². The first-order valence-corrected chi connectivity index (χ1v) is 21.5. The first kappa shape index (κ1) is 45.5. The van der Waals surface area contributed by atoms with Gasteiger partial charge in [-0.2, -0.15) is 0 Å². The highest BCUT2D eigenvalue weighted by atomic mass is 16.7. The van der Waals surface area contributed by atoms with Gasteiger partial charge in [-0.3, -0.25) is 9.59 Å². The molecule has 0 bridgehead atoms. The molecule has 3 aliphatic rings. The smallest absolute Gasteiger partial charge is 0.254 e. The molecule has 1 atom stereocenters. The van der Waals surface area contributed by atoms with E-state index in [0.717, 1.165) is 29.5 Å². The SMILES string of the molecule is CC1(C)OCC(CNC=O)CO1.CCC1(c2ccccc2CCC(O)Cc2ccc(C)cc2C(=O)N(CC2COC(C)(C)OC2)C(C)(C)c2ccccc2)CCCC1. The third-order valence-electron chi connectivity index (χ3n) is 12.5. The number of rotatable bonds is 15. The maximum Gasteiger partial charge on any atom is 0.254 e. The van der Waals surface area contributed by atoms with Crippen LogP contribution < -0.4 is 5.32 Å². The number of ether oxygens (including phenoxy) is 4. The number of aliphatic hydroxyl groups is 1. The number of nitrogens with one attached hydrogen (secondary N) is 1. The predicted octanol–water partition coefficient (Wildman–Crippen LogP) is 8.66. The van der Waals surface area contributed by atoms with Crippen molar-refractivity contribution in [3.05, 3.63) is 106 Å². The van der Waals surface area contributed by atoms with Crippen molar-refractivity contribution in [2.75, 3.05) is 39.5 Å². The lowest BCUT2D eigenvalue weighted by Gasteiger charge is -2.43. The lowest BCUT2D eigenvalue weighted by atomic mass is 9.74. The second kappa shape index (κ2) is 20.1. The molecule has 3 fully saturated rings. The molecule has 9 nitrogen and oxygen atoms in total. The van der Waals surface area contributed by atoms with Crippen LogP contribution in [0, 0.1) is 18.8 Å². The van der Waals surface area contributed by atoms with Gasteiger partial charge in [0.05, 0.1) is 38.1 Å². The fourth-order valence-corrected chi connectivity index (χ4v) is 8.73. The van der Waals surface area contributed by atoms with Crippen LogP contribution in [0.3, 0.4) is 0 Å². The van der Waals surface area contributed by atoms with Gasteiger partial charge >= 0.3 is 0 Å². The Kier molecular flexibility index (Phi) is 15.8. The second-order valence-electron chi connectivity index (χ2n) is 18.2. The maximum atomic E-state index is 14.7. The minimum atomic E-state index is -0.616. The number of amides is 2. The van der Waals surface area contributed by atoms with Gasteiger partial charge in [0.25, 0.3) is 5.91 Å². The van der Waals surface area contributed by atoms with Gasteiger partial charge in [0.15, 0.2) is 11.6 Å². The maximum absolute atomic E-state index is 14.7. The average Bonchev–Trinajstić information content (AvgIpc) is 3.71. The molecule has 2 heterocycles. The van der Waals surface area contributed by atoms with E-state index in [9.17, 15) is 14.7 Å². The van der Waals surface area contributed by atoms with Crippen molar-refractivity contribution in [2.45, 2.75) is 135 Å². The van der Waals surface area contributed by atoms with Gasteiger partial charge in [0.2, 0.25) is 6.41 Å². The number of benzene rings is 3. The molecule has 6 rings (SSSR count). The van der Waals surface area contributed by atoms with E-state index in [1.165, 1.54) is 36.8 Å². The molecule has 0 spiro atoms. The van der Waals surface area contributed by atoms with Crippen LogP contribution >= 0.6 is 0 Å². The first-order chi connectivity index (χ1) is 27.6. The Labute approximate surface area is 348 Å². The van der Waals surface area contributed by atoms with Gasteiger partial charge in [0, 0.05) is 30.5 Å². The molecule has 2 amide bonds. The number of aryl methyl sites for hydroxylation is 2. The molecule has 3 aromatic carbocycles. The van der Waals surface area contributed by atoms with E-state index in [0.29, 0.717) is 64.3 Å². The fourth-order valence-electron chi connectivity index (χ4n) is 8.73. The molecular weight excluding hydrogens is 729 g/mol. The third kappa shape index (κ3) is 12.0. The van der Waals surface area contributed by atoms with Crippen molar-refractivity contribution in [2.24, 2.45) is 11.8 Å². The fraction of sp³-hybridized carbons (Fsp3) is 0.592. The van der Waals surface area contributed by atoms with Crippen molar-refractivity contribution < 1.29 is 33.6 Å². The second-order valence-corrected chi connectivity index (χ2v) is 18.2. The summed E-state index contributed by atoms with van der Waals surface area (Å²) in [5.74, 6) is -0.776. The van der Waals surface area contributed by atoms with Crippen molar-refractivity contribution in [3.63, 3.8) is 0 Å². The third-order valence-corrected chi connectivity index (χ3v) is 12.5. The summed E-state index contributed by atoms with van der Waals surface area (Å²) in [6.45, 7) is 19.7. The zero-order valence-corrected chi connectivity index (χ0v) is 36.5. The molecule has 1 aliphatic carbocycles. The van der Waals surface area contributed by atoms with Gasteiger partial charge in [-0.25, -0.2) is 0 Å². The van der Waals surface area contributed by atoms with E-state index in [2.05, 4.69) is 68.6 Å². The molecule has 9 heteroatoms. The number of aliphatic hydroxyl groups excluding tert-OH is 1. The van der Waals surface area contributed by atoms with Crippen LogP contribution in [0.1, 0.15) is 125 Å². The minimum absolute atomic E-state index is 0.0268. The number of nitrogens with zero attached hydrogens (tertiary/aromatic N) is 1. The van der Waals surface area contributed by atoms with Crippen LogP contribution in [0.2, 0.25) is 0 Å². The Morgan fingerprint density at radius 2 is 1.45 bits per heavy atom. The summed E-state index contributed by atoms with van der Waals surface area (Å²) in [5.41, 5.74) is 6.19. The highest BCUT2D eigenvalue weighted by Crippen LogP contribution is 2.45. The molecule has 2 N–H and O–H groups in total. The van der Waals surface area contributed by atoms with E-state index < -0.39 is 23.2 Å². The summed E-state index contributed by atoms with van der Waals surface area (Å²) in [7, 11) is 0. The largest absolute Gasteiger partial charge is 0.393 e. The highest BCUT2D eigenvalue weighted by Gasteiger charge is 2.39.